The number of rotatable bonds is 7. The highest BCUT2D eigenvalue weighted by atomic mass is 19.4. The molecule has 5 heterocycles. The van der Waals surface area contributed by atoms with Crippen LogP contribution >= 0.6 is 0 Å². The summed E-state index contributed by atoms with van der Waals surface area (Å²) in [5.41, 5.74) is 2.48. The maximum absolute atomic E-state index is 12.9. The summed E-state index contributed by atoms with van der Waals surface area (Å²) < 4.78 is 79.4. The number of benzene rings is 1. The van der Waals surface area contributed by atoms with Gasteiger partial charge < -0.3 is 14.8 Å². The zero-order chi connectivity index (χ0) is 29.8. The highest BCUT2D eigenvalue weighted by Gasteiger charge is 2.50. The summed E-state index contributed by atoms with van der Waals surface area (Å²) in [7, 11) is 0. The van der Waals surface area contributed by atoms with E-state index in [-0.39, 0.29) is 31.2 Å². The van der Waals surface area contributed by atoms with Crippen LogP contribution in [0.15, 0.2) is 30.3 Å². The number of nitrogens with zero attached hydrogens (tertiary/aromatic N) is 4. The first-order valence-electron chi connectivity index (χ1n) is 14.4. The molecule has 42 heavy (non-hydrogen) atoms. The fourth-order valence-corrected chi connectivity index (χ4v) is 7.67. The molecule has 4 unspecified atom stereocenters. The van der Waals surface area contributed by atoms with Crippen LogP contribution < -0.4 is 5.32 Å². The Morgan fingerprint density at radius 2 is 1.71 bits per heavy atom. The Kier molecular flexibility index (Phi) is 7.51. The van der Waals surface area contributed by atoms with Gasteiger partial charge in [-0.05, 0) is 37.2 Å². The molecule has 228 valence electrons. The molecule has 6 rings (SSSR count). The molecule has 4 aliphatic heterocycles. The van der Waals surface area contributed by atoms with E-state index in [9.17, 15) is 35.9 Å². The van der Waals surface area contributed by atoms with Gasteiger partial charge in [0.15, 0.2) is 0 Å². The summed E-state index contributed by atoms with van der Waals surface area (Å²) in [5, 5.41) is 2.59. The number of alkyl halides is 6. The van der Waals surface area contributed by atoms with Crippen LogP contribution in [0.3, 0.4) is 0 Å². The minimum absolute atomic E-state index is 0.129. The summed E-state index contributed by atoms with van der Waals surface area (Å²) in [4.78, 5) is 33.2. The van der Waals surface area contributed by atoms with E-state index in [1.54, 1.807) is 24.3 Å². The van der Waals surface area contributed by atoms with Crippen LogP contribution in [0.2, 0.25) is 0 Å². The Labute approximate surface area is 239 Å². The van der Waals surface area contributed by atoms with E-state index in [1.807, 2.05) is 6.07 Å². The quantitative estimate of drug-likeness (QED) is 0.463. The van der Waals surface area contributed by atoms with Gasteiger partial charge in [0, 0.05) is 44.1 Å². The molecule has 1 N–H and O–H groups in total. The molecule has 5 atom stereocenters. The number of piperidine rings is 1. The molecule has 2 saturated heterocycles. The molecule has 0 radical (unpaired) electrons. The van der Waals surface area contributed by atoms with E-state index in [2.05, 4.69) is 14.8 Å². The Morgan fingerprint density at radius 3 is 2.43 bits per heavy atom. The number of hydrogen-bond donors (Lipinski definition) is 1. The lowest BCUT2D eigenvalue weighted by Crippen LogP contribution is -2.46. The van der Waals surface area contributed by atoms with Crippen molar-refractivity contribution in [2.75, 3.05) is 13.1 Å². The molecular weight excluding hydrogens is 564 g/mol. The first-order valence-corrected chi connectivity index (χ1v) is 14.4. The van der Waals surface area contributed by atoms with Gasteiger partial charge in [-0.3, -0.25) is 14.5 Å². The van der Waals surface area contributed by atoms with Crippen LogP contribution in [0.1, 0.15) is 73.4 Å². The molecular formula is C29H33F6N5O2. The maximum atomic E-state index is 12.9. The summed E-state index contributed by atoms with van der Waals surface area (Å²) in [6.45, 7) is 0.978. The lowest BCUT2D eigenvalue weighted by molar-refractivity contribution is -0.162. The molecule has 3 bridgehead atoms. The number of halogens is 6. The number of imidazole rings is 1. The average molecular weight is 598 g/mol. The monoisotopic (exact) mass is 597 g/mol. The third kappa shape index (κ3) is 6.02. The molecule has 4 aliphatic rings. The fraction of sp³-hybridized carbons (Fsp3) is 0.621. The van der Waals surface area contributed by atoms with Crippen molar-refractivity contribution in [1.82, 2.24) is 24.7 Å². The molecule has 0 saturated carbocycles. The lowest BCUT2D eigenvalue weighted by atomic mass is 9.93. The predicted octanol–water partition coefficient (Wildman–Crippen LogP) is 4.87. The van der Waals surface area contributed by atoms with Crippen molar-refractivity contribution in [2.45, 2.75) is 94.4 Å². The van der Waals surface area contributed by atoms with Crippen LogP contribution in [0.5, 0.6) is 0 Å². The molecule has 0 spiro atoms. The van der Waals surface area contributed by atoms with Crippen molar-refractivity contribution in [3.05, 3.63) is 53.1 Å². The largest absolute Gasteiger partial charge is 0.397 e. The highest BCUT2D eigenvalue weighted by molar-refractivity contribution is 5.77. The standard InChI is InChI=1S/C29H33F6N5O2/c30-28(31,32)14-26(41)37-21(17-4-2-1-3-5-17)7-9-39-19-10-18-11-25-36-22-6-8-38(27(42)15-29(33,34)35)16-24(22)40(25)20(12-19)13-23(18)39/h1-5,18-21,23H,6-16H2,(H,37,41)/t18?,19?,20?,21-,23?/m0/s1. The second-order valence-electron chi connectivity index (χ2n) is 12.0. The molecule has 2 fully saturated rings. The Balaban J connectivity index is 1.15. The highest BCUT2D eigenvalue weighted by Crippen LogP contribution is 2.49. The number of hydrogen-bond acceptors (Lipinski definition) is 4. The summed E-state index contributed by atoms with van der Waals surface area (Å²) in [5.74, 6) is -0.692. The van der Waals surface area contributed by atoms with Gasteiger partial charge in [-0.15, -0.1) is 0 Å². The second kappa shape index (κ2) is 10.9. The predicted molar refractivity (Wildman–Crippen MR) is 139 cm³/mol. The van der Waals surface area contributed by atoms with E-state index >= 15 is 0 Å². The van der Waals surface area contributed by atoms with Gasteiger partial charge in [0.25, 0.3) is 0 Å². The van der Waals surface area contributed by atoms with Gasteiger partial charge in [-0.2, -0.15) is 26.3 Å². The smallest absolute Gasteiger partial charge is 0.349 e. The number of carbonyl (C=O) groups is 2. The second-order valence-corrected chi connectivity index (χ2v) is 12.0. The number of amides is 2. The molecule has 7 nitrogen and oxygen atoms in total. The van der Waals surface area contributed by atoms with Crippen LogP contribution in [0.25, 0.3) is 0 Å². The van der Waals surface area contributed by atoms with Crippen molar-refractivity contribution in [3.63, 3.8) is 0 Å². The molecule has 1 aromatic heterocycles. The third-order valence-electron chi connectivity index (χ3n) is 9.29. The van der Waals surface area contributed by atoms with Gasteiger partial charge in [0.05, 0.1) is 24.0 Å². The van der Waals surface area contributed by atoms with E-state index < -0.39 is 43.1 Å². The summed E-state index contributed by atoms with van der Waals surface area (Å²) >= 11 is 0. The van der Waals surface area contributed by atoms with E-state index in [4.69, 9.17) is 4.98 Å². The van der Waals surface area contributed by atoms with Gasteiger partial charge in [-0.1, -0.05) is 30.3 Å². The van der Waals surface area contributed by atoms with Crippen molar-refractivity contribution >= 4 is 11.8 Å². The van der Waals surface area contributed by atoms with Crippen LogP contribution in [-0.4, -0.2) is 68.7 Å². The maximum Gasteiger partial charge on any atom is 0.397 e. The average Bonchev–Trinajstić information content (AvgIpc) is 3.29. The molecule has 2 amide bonds. The van der Waals surface area contributed by atoms with E-state index in [1.165, 1.54) is 4.90 Å². The molecule has 0 aliphatic carbocycles. The topological polar surface area (TPSA) is 70.5 Å². The number of aromatic nitrogens is 2. The van der Waals surface area contributed by atoms with Crippen LogP contribution in [-0.2, 0) is 29.0 Å². The number of carbonyl (C=O) groups excluding carboxylic acids is 2. The Morgan fingerprint density at radius 1 is 0.976 bits per heavy atom. The Bertz CT molecular complexity index is 1330. The zero-order valence-corrected chi connectivity index (χ0v) is 22.9. The third-order valence-corrected chi connectivity index (χ3v) is 9.29. The zero-order valence-electron chi connectivity index (χ0n) is 22.9. The van der Waals surface area contributed by atoms with Crippen molar-refractivity contribution in [3.8, 4) is 0 Å². The van der Waals surface area contributed by atoms with E-state index in [0.717, 1.165) is 48.5 Å². The van der Waals surface area contributed by atoms with Crippen molar-refractivity contribution in [2.24, 2.45) is 5.92 Å². The van der Waals surface area contributed by atoms with Gasteiger partial charge in [0.1, 0.15) is 18.7 Å². The number of fused-ring (bicyclic) bond motifs is 6. The van der Waals surface area contributed by atoms with Crippen molar-refractivity contribution < 1.29 is 35.9 Å². The molecule has 1 aromatic carbocycles. The number of nitrogens with one attached hydrogen (secondary N) is 1. The van der Waals surface area contributed by atoms with E-state index in [0.29, 0.717) is 25.3 Å². The normalized spacial score (nSPS) is 26.0. The lowest BCUT2D eigenvalue weighted by Gasteiger charge is -2.41. The SMILES string of the molecule is O=C(CC(F)(F)F)N[C@@H](CCN1C2CC3Cc4nc5c(n4C(C2)CC31)CN(C(=O)CC(F)(F)F)CC5)c1ccccc1. The van der Waals surface area contributed by atoms with Crippen LogP contribution in [0, 0.1) is 5.92 Å². The minimum Gasteiger partial charge on any atom is -0.349 e. The van der Waals surface area contributed by atoms with Crippen LogP contribution in [0.4, 0.5) is 26.3 Å². The van der Waals surface area contributed by atoms with Gasteiger partial charge in [0.2, 0.25) is 11.8 Å². The summed E-state index contributed by atoms with van der Waals surface area (Å²) in [6.07, 6.45) is -7.83. The minimum atomic E-state index is -4.58. The first-order chi connectivity index (χ1) is 19.8. The summed E-state index contributed by atoms with van der Waals surface area (Å²) in [6, 6.07) is 9.09. The fourth-order valence-electron chi connectivity index (χ4n) is 7.67. The van der Waals surface area contributed by atoms with Crippen molar-refractivity contribution in [1.29, 1.82) is 0 Å². The molecule has 13 heteroatoms. The molecule has 2 aromatic rings. The first kappa shape index (κ1) is 29.0. The Hall–Kier alpha value is -3.09. The van der Waals surface area contributed by atoms with Gasteiger partial charge >= 0.3 is 12.4 Å². The van der Waals surface area contributed by atoms with Gasteiger partial charge in [-0.25, -0.2) is 4.98 Å².